The molecule has 68 valence electrons. The van der Waals surface area contributed by atoms with Gasteiger partial charge in [0.25, 0.3) is 0 Å². The normalized spacial score (nSPS) is 12.6. The standard InChI is InChI=1S/C11H18O/c1-5-11(9(2)3)8-6-7-10(4)12/h1,9,11H,6-8H2,2-4H3. The molecule has 0 N–H and O–H groups in total. The molecular formula is C11H18O. The highest BCUT2D eigenvalue weighted by molar-refractivity contribution is 5.75. The van der Waals surface area contributed by atoms with E-state index < -0.39 is 0 Å². The molecule has 0 aliphatic rings. The van der Waals surface area contributed by atoms with Crippen LogP contribution in [-0.2, 0) is 4.79 Å². The lowest BCUT2D eigenvalue weighted by Crippen LogP contribution is -2.06. The van der Waals surface area contributed by atoms with E-state index in [2.05, 4.69) is 19.8 Å². The fourth-order valence-electron chi connectivity index (χ4n) is 1.18. The zero-order valence-electron chi connectivity index (χ0n) is 8.26. The summed E-state index contributed by atoms with van der Waals surface area (Å²) in [6.07, 6.45) is 7.94. The van der Waals surface area contributed by atoms with Crippen LogP contribution >= 0.6 is 0 Å². The van der Waals surface area contributed by atoms with Gasteiger partial charge in [0.2, 0.25) is 0 Å². The first-order chi connectivity index (χ1) is 5.57. The third kappa shape index (κ3) is 4.96. The van der Waals surface area contributed by atoms with Gasteiger partial charge in [0, 0.05) is 12.3 Å². The van der Waals surface area contributed by atoms with Crippen LogP contribution in [0, 0.1) is 24.2 Å². The van der Waals surface area contributed by atoms with Crippen LogP contribution in [0.4, 0.5) is 0 Å². The van der Waals surface area contributed by atoms with E-state index in [1.54, 1.807) is 6.92 Å². The summed E-state index contributed by atoms with van der Waals surface area (Å²) in [5, 5.41) is 0. The molecule has 1 atom stereocenters. The second kappa shape index (κ2) is 5.83. The zero-order valence-corrected chi connectivity index (χ0v) is 8.26. The Morgan fingerprint density at radius 3 is 2.42 bits per heavy atom. The Morgan fingerprint density at radius 2 is 2.08 bits per heavy atom. The second-order valence-corrected chi connectivity index (χ2v) is 3.61. The molecular weight excluding hydrogens is 148 g/mol. The molecule has 1 heteroatoms. The highest BCUT2D eigenvalue weighted by Gasteiger charge is 2.09. The average Bonchev–Trinajstić information content (AvgIpc) is 1.96. The predicted molar refractivity (Wildman–Crippen MR) is 51.7 cm³/mol. The van der Waals surface area contributed by atoms with Crippen LogP contribution < -0.4 is 0 Å². The topological polar surface area (TPSA) is 17.1 Å². The Hall–Kier alpha value is -0.770. The first-order valence-corrected chi connectivity index (χ1v) is 4.53. The molecule has 1 unspecified atom stereocenters. The Labute approximate surface area is 75.5 Å². The van der Waals surface area contributed by atoms with Gasteiger partial charge >= 0.3 is 0 Å². The van der Waals surface area contributed by atoms with Crippen molar-refractivity contribution in [1.82, 2.24) is 0 Å². The van der Waals surface area contributed by atoms with Crippen molar-refractivity contribution >= 4 is 5.78 Å². The highest BCUT2D eigenvalue weighted by atomic mass is 16.1. The molecule has 0 radical (unpaired) electrons. The molecule has 0 bridgehead atoms. The van der Waals surface area contributed by atoms with Gasteiger partial charge in [-0.1, -0.05) is 13.8 Å². The van der Waals surface area contributed by atoms with Crippen LogP contribution in [0.15, 0.2) is 0 Å². The largest absolute Gasteiger partial charge is 0.300 e. The Bertz CT molecular complexity index is 174. The summed E-state index contributed by atoms with van der Waals surface area (Å²) in [5.74, 6) is 3.89. The minimum absolute atomic E-state index is 0.259. The summed E-state index contributed by atoms with van der Waals surface area (Å²) in [7, 11) is 0. The van der Waals surface area contributed by atoms with Gasteiger partial charge in [0.1, 0.15) is 5.78 Å². The predicted octanol–water partition coefficient (Wildman–Crippen LogP) is 2.65. The SMILES string of the molecule is C#CC(CCCC(C)=O)C(C)C. The number of hydrogen-bond donors (Lipinski definition) is 0. The molecule has 12 heavy (non-hydrogen) atoms. The quantitative estimate of drug-likeness (QED) is 0.574. The molecule has 0 fully saturated rings. The van der Waals surface area contributed by atoms with Gasteiger partial charge in [-0.25, -0.2) is 0 Å². The van der Waals surface area contributed by atoms with Crippen molar-refractivity contribution in [3.63, 3.8) is 0 Å². The van der Waals surface area contributed by atoms with Gasteiger partial charge in [-0.05, 0) is 25.7 Å². The lowest BCUT2D eigenvalue weighted by molar-refractivity contribution is -0.117. The number of carbonyl (C=O) groups is 1. The van der Waals surface area contributed by atoms with Gasteiger partial charge in [-0.15, -0.1) is 12.3 Å². The van der Waals surface area contributed by atoms with Crippen molar-refractivity contribution in [3.8, 4) is 12.3 Å². The molecule has 0 saturated heterocycles. The van der Waals surface area contributed by atoms with E-state index in [0.29, 0.717) is 18.3 Å². The van der Waals surface area contributed by atoms with Crippen molar-refractivity contribution in [1.29, 1.82) is 0 Å². The Balaban J connectivity index is 3.61. The molecule has 0 aromatic heterocycles. The summed E-state index contributed by atoms with van der Waals surface area (Å²) in [5.41, 5.74) is 0. The van der Waals surface area contributed by atoms with E-state index in [9.17, 15) is 4.79 Å². The summed E-state index contributed by atoms with van der Waals surface area (Å²) >= 11 is 0. The molecule has 0 saturated carbocycles. The van der Waals surface area contributed by atoms with Crippen molar-refractivity contribution < 1.29 is 4.79 Å². The van der Waals surface area contributed by atoms with E-state index in [0.717, 1.165) is 12.8 Å². The molecule has 0 aromatic carbocycles. The van der Waals surface area contributed by atoms with Gasteiger partial charge < -0.3 is 4.79 Å². The zero-order chi connectivity index (χ0) is 9.56. The lowest BCUT2D eigenvalue weighted by atomic mass is 9.91. The van der Waals surface area contributed by atoms with Crippen molar-refractivity contribution in [3.05, 3.63) is 0 Å². The van der Waals surface area contributed by atoms with Crippen LogP contribution in [0.3, 0.4) is 0 Å². The summed E-state index contributed by atoms with van der Waals surface area (Å²) in [6.45, 7) is 5.87. The first-order valence-electron chi connectivity index (χ1n) is 4.53. The maximum absolute atomic E-state index is 10.6. The van der Waals surface area contributed by atoms with E-state index in [1.807, 2.05) is 0 Å². The highest BCUT2D eigenvalue weighted by Crippen LogP contribution is 2.16. The molecule has 0 amide bonds. The number of hydrogen-bond acceptors (Lipinski definition) is 1. The van der Waals surface area contributed by atoms with Crippen LogP contribution in [0.25, 0.3) is 0 Å². The van der Waals surface area contributed by atoms with Crippen LogP contribution in [0.1, 0.15) is 40.0 Å². The van der Waals surface area contributed by atoms with E-state index >= 15 is 0 Å². The minimum Gasteiger partial charge on any atom is -0.300 e. The fourth-order valence-corrected chi connectivity index (χ4v) is 1.18. The molecule has 0 spiro atoms. The maximum Gasteiger partial charge on any atom is 0.129 e. The molecule has 0 rings (SSSR count). The number of ketones is 1. The molecule has 0 aromatic rings. The Morgan fingerprint density at radius 1 is 1.50 bits per heavy atom. The third-order valence-corrected chi connectivity index (χ3v) is 2.06. The Kier molecular flexibility index (Phi) is 5.45. The molecule has 0 aliphatic carbocycles. The van der Waals surface area contributed by atoms with Gasteiger partial charge in [0.05, 0.1) is 0 Å². The minimum atomic E-state index is 0.259. The lowest BCUT2D eigenvalue weighted by Gasteiger charge is -2.13. The third-order valence-electron chi connectivity index (χ3n) is 2.06. The van der Waals surface area contributed by atoms with Crippen LogP contribution in [0.5, 0.6) is 0 Å². The van der Waals surface area contributed by atoms with Crippen molar-refractivity contribution in [2.24, 2.45) is 11.8 Å². The first kappa shape index (κ1) is 11.2. The number of rotatable bonds is 5. The van der Waals surface area contributed by atoms with Crippen molar-refractivity contribution in [2.75, 3.05) is 0 Å². The monoisotopic (exact) mass is 166 g/mol. The molecule has 1 nitrogen and oxygen atoms in total. The molecule has 0 heterocycles. The summed E-state index contributed by atoms with van der Waals surface area (Å²) < 4.78 is 0. The van der Waals surface area contributed by atoms with Crippen LogP contribution in [-0.4, -0.2) is 5.78 Å². The van der Waals surface area contributed by atoms with Gasteiger partial charge in [0.15, 0.2) is 0 Å². The summed E-state index contributed by atoms with van der Waals surface area (Å²) in [6, 6.07) is 0. The van der Waals surface area contributed by atoms with Gasteiger partial charge in [-0.3, -0.25) is 0 Å². The smallest absolute Gasteiger partial charge is 0.129 e. The van der Waals surface area contributed by atoms with E-state index in [4.69, 9.17) is 6.42 Å². The number of terminal acetylenes is 1. The van der Waals surface area contributed by atoms with E-state index in [1.165, 1.54) is 0 Å². The van der Waals surface area contributed by atoms with Crippen molar-refractivity contribution in [2.45, 2.75) is 40.0 Å². The summed E-state index contributed by atoms with van der Waals surface area (Å²) in [4.78, 5) is 10.6. The maximum atomic E-state index is 10.6. The number of carbonyl (C=O) groups excluding carboxylic acids is 1. The second-order valence-electron chi connectivity index (χ2n) is 3.61. The van der Waals surface area contributed by atoms with E-state index in [-0.39, 0.29) is 5.78 Å². The average molecular weight is 166 g/mol. The van der Waals surface area contributed by atoms with Gasteiger partial charge in [-0.2, -0.15) is 0 Å². The fraction of sp³-hybridized carbons (Fsp3) is 0.727. The van der Waals surface area contributed by atoms with Crippen LogP contribution in [0.2, 0.25) is 0 Å². The molecule has 0 aliphatic heterocycles. The number of Topliss-reactive ketones (excluding diaryl/α,β-unsaturated/α-hetero) is 1.